The maximum Gasteiger partial charge on any atom is 0.418 e. The highest BCUT2D eigenvalue weighted by Crippen LogP contribution is 2.39. The van der Waals surface area contributed by atoms with Crippen LogP contribution in [0.4, 0.5) is 13.2 Å². The van der Waals surface area contributed by atoms with Crippen LogP contribution in [-0.2, 0) is 19.2 Å². The Kier molecular flexibility index (Phi) is 7.04. The van der Waals surface area contributed by atoms with E-state index in [2.05, 4.69) is 10.2 Å². The van der Waals surface area contributed by atoms with Crippen LogP contribution >= 0.6 is 23.2 Å². The minimum absolute atomic E-state index is 0.191. The summed E-state index contributed by atoms with van der Waals surface area (Å²) >= 11 is 12.1. The van der Waals surface area contributed by atoms with E-state index < -0.39 is 11.7 Å². The van der Waals surface area contributed by atoms with Crippen LogP contribution in [0, 0.1) is 0 Å². The first-order valence-electron chi connectivity index (χ1n) is 11.4. The fourth-order valence-electron chi connectivity index (χ4n) is 4.17. The van der Waals surface area contributed by atoms with Gasteiger partial charge in [0.1, 0.15) is 17.9 Å². The number of halogens is 5. The zero-order valence-corrected chi connectivity index (χ0v) is 20.8. The molecule has 0 atom stereocenters. The average molecular weight is 539 g/mol. The van der Waals surface area contributed by atoms with Crippen molar-refractivity contribution in [2.24, 2.45) is 0 Å². The van der Waals surface area contributed by atoms with Crippen LogP contribution in [0.1, 0.15) is 22.4 Å². The molecule has 0 radical (unpaired) electrons. The maximum atomic E-state index is 13.8. The quantitative estimate of drug-likeness (QED) is 0.216. The van der Waals surface area contributed by atoms with Gasteiger partial charge in [0.25, 0.3) is 0 Å². The van der Waals surface area contributed by atoms with Crippen LogP contribution < -0.4 is 4.74 Å². The summed E-state index contributed by atoms with van der Waals surface area (Å²) in [6.07, 6.45) is -4.15. The fourth-order valence-corrected chi connectivity index (χ4v) is 4.49. The SMILES string of the molecule is FC(F)(F)c1cccc2c(-c3cccc(OCc4ccc(Cl)c(Cl)c4)c3)c(Cc3ccccc3)nnc12. The molecule has 0 unspecified atom stereocenters. The predicted octanol–water partition coefficient (Wildman–Crippen LogP) is 8.79. The molecule has 0 aliphatic carbocycles. The summed E-state index contributed by atoms with van der Waals surface area (Å²) in [5.74, 6) is 0.547. The van der Waals surface area contributed by atoms with Crippen molar-refractivity contribution in [3.8, 4) is 16.9 Å². The molecule has 0 bridgehead atoms. The first-order chi connectivity index (χ1) is 17.8. The topological polar surface area (TPSA) is 35.0 Å². The molecule has 0 amide bonds. The molecule has 0 saturated heterocycles. The van der Waals surface area contributed by atoms with E-state index in [0.717, 1.165) is 17.2 Å². The summed E-state index contributed by atoms with van der Waals surface area (Å²) in [6, 6.07) is 26.1. The van der Waals surface area contributed by atoms with Crippen molar-refractivity contribution >= 4 is 34.1 Å². The molecule has 0 N–H and O–H groups in total. The van der Waals surface area contributed by atoms with Crippen LogP contribution in [0.3, 0.4) is 0 Å². The number of alkyl halides is 3. The molecule has 0 saturated carbocycles. The number of aromatic nitrogens is 2. The molecule has 0 aliphatic heterocycles. The van der Waals surface area contributed by atoms with Crippen LogP contribution in [0.15, 0.2) is 91.0 Å². The van der Waals surface area contributed by atoms with E-state index in [4.69, 9.17) is 27.9 Å². The second-order valence-corrected chi connectivity index (χ2v) is 9.26. The number of hydrogen-bond donors (Lipinski definition) is 0. The molecule has 1 heterocycles. The maximum absolute atomic E-state index is 13.8. The molecule has 5 rings (SSSR count). The lowest BCUT2D eigenvalue weighted by molar-refractivity contribution is -0.136. The molecular formula is C29H19Cl2F3N2O. The smallest absolute Gasteiger partial charge is 0.418 e. The Bertz CT molecular complexity index is 1570. The fraction of sp³-hybridized carbons (Fsp3) is 0.103. The first kappa shape index (κ1) is 25.1. The van der Waals surface area contributed by atoms with Crippen molar-refractivity contribution < 1.29 is 17.9 Å². The van der Waals surface area contributed by atoms with Crippen LogP contribution in [0.5, 0.6) is 5.75 Å². The molecule has 0 aliphatic rings. The number of fused-ring (bicyclic) bond motifs is 1. The predicted molar refractivity (Wildman–Crippen MR) is 140 cm³/mol. The largest absolute Gasteiger partial charge is 0.489 e. The summed E-state index contributed by atoms with van der Waals surface area (Å²) in [7, 11) is 0. The number of rotatable bonds is 6. The van der Waals surface area contributed by atoms with Gasteiger partial charge in [-0.15, -0.1) is 5.10 Å². The van der Waals surface area contributed by atoms with Crippen molar-refractivity contribution in [3.63, 3.8) is 0 Å². The van der Waals surface area contributed by atoms with Crippen LogP contribution in [0.2, 0.25) is 10.0 Å². The molecular weight excluding hydrogens is 520 g/mol. The number of nitrogens with zero attached hydrogens (tertiary/aromatic N) is 2. The zero-order chi connectivity index (χ0) is 26.0. The summed E-state index contributed by atoms with van der Waals surface area (Å²) in [4.78, 5) is 0. The Morgan fingerprint density at radius 2 is 1.51 bits per heavy atom. The molecule has 186 valence electrons. The molecule has 0 spiro atoms. The second-order valence-electron chi connectivity index (χ2n) is 8.45. The van der Waals surface area contributed by atoms with Gasteiger partial charge in [0.05, 0.1) is 21.3 Å². The van der Waals surface area contributed by atoms with Crippen molar-refractivity contribution in [2.45, 2.75) is 19.2 Å². The summed E-state index contributed by atoms with van der Waals surface area (Å²) in [6.45, 7) is 0.241. The summed E-state index contributed by atoms with van der Waals surface area (Å²) in [5.41, 5.74) is 2.61. The molecule has 4 aromatic carbocycles. The van der Waals surface area contributed by atoms with Gasteiger partial charge in [-0.1, -0.05) is 83.9 Å². The van der Waals surface area contributed by atoms with E-state index in [1.54, 1.807) is 36.4 Å². The molecule has 5 aromatic rings. The average Bonchev–Trinajstić information content (AvgIpc) is 2.89. The highest BCUT2D eigenvalue weighted by molar-refractivity contribution is 6.42. The van der Waals surface area contributed by atoms with E-state index in [-0.39, 0.29) is 12.1 Å². The Balaban J connectivity index is 1.59. The Morgan fingerprint density at radius 3 is 2.27 bits per heavy atom. The number of ether oxygens (including phenoxy) is 1. The lowest BCUT2D eigenvalue weighted by Gasteiger charge is -2.16. The van der Waals surface area contributed by atoms with Gasteiger partial charge in [-0.05, 0) is 47.0 Å². The van der Waals surface area contributed by atoms with Gasteiger partial charge >= 0.3 is 6.18 Å². The van der Waals surface area contributed by atoms with Crippen LogP contribution in [0.25, 0.3) is 22.0 Å². The van der Waals surface area contributed by atoms with Crippen molar-refractivity contribution in [2.75, 3.05) is 0 Å². The van der Waals surface area contributed by atoms with Crippen molar-refractivity contribution in [3.05, 3.63) is 123 Å². The Labute approximate surface area is 221 Å². The van der Waals surface area contributed by atoms with Gasteiger partial charge in [-0.2, -0.15) is 18.3 Å². The highest BCUT2D eigenvalue weighted by Gasteiger charge is 2.34. The monoisotopic (exact) mass is 538 g/mol. The van der Waals surface area contributed by atoms with Gasteiger partial charge in [0, 0.05) is 17.4 Å². The molecule has 8 heteroatoms. The van der Waals surface area contributed by atoms with Gasteiger partial charge in [-0.25, -0.2) is 0 Å². The van der Waals surface area contributed by atoms with Crippen molar-refractivity contribution in [1.29, 1.82) is 0 Å². The molecule has 3 nitrogen and oxygen atoms in total. The van der Waals surface area contributed by atoms with E-state index in [1.165, 1.54) is 6.07 Å². The lowest BCUT2D eigenvalue weighted by atomic mass is 9.94. The first-order valence-corrected chi connectivity index (χ1v) is 12.1. The number of benzene rings is 4. The van der Waals surface area contributed by atoms with Gasteiger partial charge in [0.15, 0.2) is 0 Å². The van der Waals surface area contributed by atoms with Gasteiger partial charge in [-0.3, -0.25) is 0 Å². The molecule has 37 heavy (non-hydrogen) atoms. The normalized spacial score (nSPS) is 11.6. The highest BCUT2D eigenvalue weighted by atomic mass is 35.5. The van der Waals surface area contributed by atoms with E-state index in [0.29, 0.717) is 44.4 Å². The standard InChI is InChI=1S/C29H19Cl2F3N2O/c30-24-13-12-19(14-25(24)31)17-37-21-9-4-8-20(16-21)27-22-10-5-11-23(29(32,33)34)28(22)36-35-26(27)15-18-6-2-1-3-7-18/h1-14,16H,15,17H2. The van der Waals surface area contributed by atoms with Gasteiger partial charge in [0.2, 0.25) is 0 Å². The minimum Gasteiger partial charge on any atom is -0.489 e. The summed E-state index contributed by atoms with van der Waals surface area (Å²) < 4.78 is 47.3. The third-order valence-electron chi connectivity index (χ3n) is 5.90. The minimum atomic E-state index is -4.56. The Hall–Kier alpha value is -3.61. The van der Waals surface area contributed by atoms with Crippen molar-refractivity contribution in [1.82, 2.24) is 10.2 Å². The van der Waals surface area contributed by atoms with Gasteiger partial charge < -0.3 is 4.74 Å². The third kappa shape index (κ3) is 5.55. The van der Waals surface area contributed by atoms with E-state index in [1.807, 2.05) is 42.5 Å². The zero-order valence-electron chi connectivity index (χ0n) is 19.3. The second kappa shape index (κ2) is 10.4. The van der Waals surface area contributed by atoms with Crippen LogP contribution in [-0.4, -0.2) is 10.2 Å². The Morgan fingerprint density at radius 1 is 0.730 bits per heavy atom. The van der Waals surface area contributed by atoms with E-state index in [9.17, 15) is 13.2 Å². The third-order valence-corrected chi connectivity index (χ3v) is 6.64. The number of hydrogen-bond acceptors (Lipinski definition) is 3. The summed E-state index contributed by atoms with van der Waals surface area (Å²) in [5, 5.41) is 9.55. The molecule has 0 fully saturated rings. The lowest BCUT2D eigenvalue weighted by Crippen LogP contribution is -2.09. The van der Waals surface area contributed by atoms with E-state index >= 15 is 0 Å². The molecule has 1 aromatic heterocycles.